The molecule has 0 saturated heterocycles. The minimum Gasteiger partial charge on any atom is -0.292 e. The van der Waals surface area contributed by atoms with Gasteiger partial charge in [0.2, 0.25) is 0 Å². The Morgan fingerprint density at radius 2 is 2.00 bits per heavy atom. The molecule has 0 fully saturated rings. The summed E-state index contributed by atoms with van der Waals surface area (Å²) in [6.07, 6.45) is 1.21. The van der Waals surface area contributed by atoms with Crippen molar-refractivity contribution in [2.45, 2.75) is 25.9 Å². The normalized spacial score (nSPS) is 17.7. The Balaban J connectivity index is 1.79. The van der Waals surface area contributed by atoms with Crippen LogP contribution in [0.3, 0.4) is 0 Å². The molecule has 2 aromatic rings. The molecule has 0 spiro atoms. The molecule has 17 heavy (non-hydrogen) atoms. The van der Waals surface area contributed by atoms with Crippen molar-refractivity contribution in [2.75, 3.05) is 6.54 Å². The predicted molar refractivity (Wildman–Crippen MR) is 73.3 cm³/mol. The second-order valence-electron chi connectivity index (χ2n) is 4.68. The van der Waals surface area contributed by atoms with Gasteiger partial charge in [0.1, 0.15) is 0 Å². The molecule has 1 aliphatic rings. The molecule has 0 unspecified atom stereocenters. The molecule has 0 N–H and O–H groups in total. The molecule has 1 nitrogen and oxygen atoms in total. The first-order valence-corrected chi connectivity index (χ1v) is 7.07. The van der Waals surface area contributed by atoms with Crippen LogP contribution in [0, 0.1) is 0 Å². The van der Waals surface area contributed by atoms with Crippen molar-refractivity contribution in [1.82, 2.24) is 4.90 Å². The average Bonchev–Trinajstić information content (AvgIpc) is 2.86. The second-order valence-corrected chi connectivity index (χ2v) is 5.68. The van der Waals surface area contributed by atoms with Gasteiger partial charge in [-0.2, -0.15) is 0 Å². The van der Waals surface area contributed by atoms with Crippen LogP contribution in [0.25, 0.3) is 0 Å². The van der Waals surface area contributed by atoms with Gasteiger partial charge in [0.15, 0.2) is 0 Å². The Morgan fingerprint density at radius 1 is 1.18 bits per heavy atom. The van der Waals surface area contributed by atoms with E-state index in [9.17, 15) is 0 Å². The molecule has 1 aliphatic heterocycles. The summed E-state index contributed by atoms with van der Waals surface area (Å²) in [5.41, 5.74) is 2.95. The molecule has 0 aliphatic carbocycles. The minimum absolute atomic E-state index is 0.518. The number of benzene rings is 1. The van der Waals surface area contributed by atoms with Gasteiger partial charge >= 0.3 is 0 Å². The monoisotopic (exact) mass is 243 g/mol. The molecule has 1 aromatic carbocycles. The van der Waals surface area contributed by atoms with Crippen LogP contribution in [0.4, 0.5) is 0 Å². The lowest BCUT2D eigenvalue weighted by atomic mass is 10.0. The van der Waals surface area contributed by atoms with Crippen molar-refractivity contribution < 1.29 is 0 Å². The lowest BCUT2D eigenvalue weighted by Crippen LogP contribution is -2.32. The number of fused-ring (bicyclic) bond motifs is 1. The maximum absolute atomic E-state index is 2.57. The van der Waals surface area contributed by atoms with Gasteiger partial charge in [-0.1, -0.05) is 30.3 Å². The van der Waals surface area contributed by atoms with E-state index in [0.717, 1.165) is 6.54 Å². The van der Waals surface area contributed by atoms with Gasteiger partial charge in [0, 0.05) is 24.0 Å². The van der Waals surface area contributed by atoms with Crippen LogP contribution in [0.1, 0.15) is 29.0 Å². The first kappa shape index (κ1) is 11.0. The number of hydrogen-bond donors (Lipinski definition) is 0. The van der Waals surface area contributed by atoms with Crippen LogP contribution in [-0.2, 0) is 13.0 Å². The summed E-state index contributed by atoms with van der Waals surface area (Å²) >= 11 is 1.91. The van der Waals surface area contributed by atoms with Crippen molar-refractivity contribution in [3.05, 3.63) is 57.8 Å². The molecule has 3 rings (SSSR count). The molecular weight excluding hydrogens is 226 g/mol. The first-order chi connectivity index (χ1) is 8.34. The Hall–Kier alpha value is -1.12. The van der Waals surface area contributed by atoms with Gasteiger partial charge in [-0.3, -0.25) is 4.90 Å². The van der Waals surface area contributed by atoms with Gasteiger partial charge in [0.25, 0.3) is 0 Å². The van der Waals surface area contributed by atoms with E-state index < -0.39 is 0 Å². The van der Waals surface area contributed by atoms with Crippen molar-refractivity contribution in [1.29, 1.82) is 0 Å². The maximum Gasteiger partial charge on any atom is 0.0323 e. The quantitative estimate of drug-likeness (QED) is 0.774. The second kappa shape index (κ2) is 4.63. The highest BCUT2D eigenvalue weighted by molar-refractivity contribution is 7.10. The zero-order valence-electron chi connectivity index (χ0n) is 10.1. The largest absolute Gasteiger partial charge is 0.292 e. The van der Waals surface area contributed by atoms with Gasteiger partial charge in [-0.05, 0) is 35.9 Å². The topological polar surface area (TPSA) is 3.24 Å². The highest BCUT2D eigenvalue weighted by Gasteiger charge is 2.21. The fraction of sp³-hybridized carbons (Fsp3) is 0.333. The molecule has 0 saturated carbocycles. The fourth-order valence-corrected chi connectivity index (χ4v) is 3.43. The van der Waals surface area contributed by atoms with Crippen molar-refractivity contribution in [2.24, 2.45) is 0 Å². The molecule has 0 bridgehead atoms. The molecule has 0 amide bonds. The average molecular weight is 243 g/mol. The zero-order chi connectivity index (χ0) is 11.7. The summed E-state index contributed by atoms with van der Waals surface area (Å²) in [5, 5.41) is 2.22. The van der Waals surface area contributed by atoms with Crippen LogP contribution in [0.5, 0.6) is 0 Å². The minimum atomic E-state index is 0.518. The van der Waals surface area contributed by atoms with E-state index in [4.69, 9.17) is 0 Å². The smallest absolute Gasteiger partial charge is 0.0323 e. The Bertz CT molecular complexity index is 489. The van der Waals surface area contributed by atoms with Crippen LogP contribution in [0.15, 0.2) is 41.8 Å². The zero-order valence-corrected chi connectivity index (χ0v) is 10.9. The molecule has 2 heterocycles. The summed E-state index contributed by atoms with van der Waals surface area (Å²) in [5.74, 6) is 0. The molecular formula is C15H17NS. The Morgan fingerprint density at radius 3 is 2.82 bits per heavy atom. The van der Waals surface area contributed by atoms with Gasteiger partial charge in [-0.25, -0.2) is 0 Å². The molecule has 2 heteroatoms. The predicted octanol–water partition coefficient (Wildman–Crippen LogP) is 3.87. The lowest BCUT2D eigenvalue weighted by molar-refractivity contribution is 0.193. The molecule has 1 atom stereocenters. The summed E-state index contributed by atoms with van der Waals surface area (Å²) in [4.78, 5) is 4.16. The van der Waals surface area contributed by atoms with E-state index in [1.807, 2.05) is 11.3 Å². The van der Waals surface area contributed by atoms with E-state index in [2.05, 4.69) is 53.6 Å². The number of nitrogens with zero attached hydrogens (tertiary/aromatic N) is 1. The number of thiophene rings is 1. The number of hydrogen-bond acceptors (Lipinski definition) is 2. The highest BCUT2D eigenvalue weighted by atomic mass is 32.1. The van der Waals surface area contributed by atoms with Gasteiger partial charge < -0.3 is 0 Å². The fourth-order valence-electron chi connectivity index (χ4n) is 2.54. The number of rotatable bonds is 2. The van der Waals surface area contributed by atoms with E-state index in [0.29, 0.717) is 6.04 Å². The summed E-state index contributed by atoms with van der Waals surface area (Å²) in [6.45, 7) is 4.60. The Kier molecular flexibility index (Phi) is 3.00. The van der Waals surface area contributed by atoms with Crippen LogP contribution < -0.4 is 0 Å². The van der Waals surface area contributed by atoms with Crippen LogP contribution >= 0.6 is 11.3 Å². The van der Waals surface area contributed by atoms with E-state index in [1.165, 1.54) is 24.1 Å². The molecule has 1 aromatic heterocycles. The summed E-state index contributed by atoms with van der Waals surface area (Å²) < 4.78 is 0. The standard InChI is InChI=1S/C15H17NS/c1-12(13-5-3-2-4-6-13)16-9-7-15-14(11-16)8-10-17-15/h2-6,8,10,12H,7,9,11H2,1H3/t12-/m1/s1. The maximum atomic E-state index is 2.57. The summed E-state index contributed by atoms with van der Waals surface area (Å²) in [6, 6.07) is 13.6. The summed E-state index contributed by atoms with van der Waals surface area (Å²) in [7, 11) is 0. The SMILES string of the molecule is C[C@H](c1ccccc1)N1CCc2sccc2C1. The van der Waals surface area contributed by atoms with Gasteiger partial charge in [-0.15, -0.1) is 11.3 Å². The van der Waals surface area contributed by atoms with Crippen molar-refractivity contribution in [3.8, 4) is 0 Å². The third kappa shape index (κ3) is 2.15. The molecule has 0 radical (unpaired) electrons. The third-order valence-corrected chi connectivity index (χ3v) is 4.69. The van der Waals surface area contributed by atoms with Crippen molar-refractivity contribution in [3.63, 3.8) is 0 Å². The highest BCUT2D eigenvalue weighted by Crippen LogP contribution is 2.29. The van der Waals surface area contributed by atoms with E-state index >= 15 is 0 Å². The first-order valence-electron chi connectivity index (χ1n) is 6.19. The third-order valence-electron chi connectivity index (χ3n) is 3.67. The van der Waals surface area contributed by atoms with E-state index in [1.54, 1.807) is 4.88 Å². The lowest BCUT2D eigenvalue weighted by Gasteiger charge is -2.32. The van der Waals surface area contributed by atoms with E-state index in [-0.39, 0.29) is 0 Å². The molecule has 88 valence electrons. The Labute approximate surface area is 107 Å². The van der Waals surface area contributed by atoms with Crippen LogP contribution in [-0.4, -0.2) is 11.4 Å². The van der Waals surface area contributed by atoms with Gasteiger partial charge in [0.05, 0.1) is 0 Å². The van der Waals surface area contributed by atoms with Crippen molar-refractivity contribution >= 4 is 11.3 Å². The van der Waals surface area contributed by atoms with Crippen LogP contribution in [0.2, 0.25) is 0 Å².